The van der Waals surface area contributed by atoms with E-state index in [0.717, 1.165) is 18.5 Å². The Kier molecular flexibility index (Phi) is 3.69. The van der Waals surface area contributed by atoms with Crippen molar-refractivity contribution in [1.29, 1.82) is 0 Å². The molecule has 3 nitrogen and oxygen atoms in total. The predicted molar refractivity (Wildman–Crippen MR) is 73.4 cm³/mol. The van der Waals surface area contributed by atoms with Crippen LogP contribution in [-0.4, -0.2) is 15.8 Å². The van der Waals surface area contributed by atoms with Gasteiger partial charge in [-0.15, -0.1) is 0 Å². The fraction of sp³-hybridized carbons (Fsp3) is 0.800. The minimum atomic E-state index is 0.655. The molecule has 3 heteroatoms. The first-order valence-electron chi connectivity index (χ1n) is 7.61. The van der Waals surface area contributed by atoms with E-state index in [1.54, 1.807) is 0 Å². The average molecular weight is 247 g/mol. The minimum absolute atomic E-state index is 0.655. The number of nitrogens with one attached hydrogen (secondary N) is 1. The zero-order valence-electron chi connectivity index (χ0n) is 11.4. The summed E-state index contributed by atoms with van der Waals surface area (Å²) in [4.78, 5) is 0. The van der Waals surface area contributed by atoms with Gasteiger partial charge in [0.25, 0.3) is 0 Å². The molecule has 0 amide bonds. The van der Waals surface area contributed by atoms with Gasteiger partial charge >= 0.3 is 0 Å². The molecule has 0 bridgehead atoms. The van der Waals surface area contributed by atoms with E-state index < -0.39 is 0 Å². The summed E-state index contributed by atoms with van der Waals surface area (Å²) in [5.74, 6) is 0.966. The van der Waals surface area contributed by atoms with E-state index in [2.05, 4.69) is 28.2 Å². The van der Waals surface area contributed by atoms with Crippen LogP contribution in [0.15, 0.2) is 12.4 Å². The maximum atomic E-state index is 4.57. The molecule has 0 radical (unpaired) electrons. The normalized spacial score (nSPS) is 28.5. The lowest BCUT2D eigenvalue weighted by atomic mass is 9.85. The van der Waals surface area contributed by atoms with Crippen LogP contribution in [0.25, 0.3) is 0 Å². The Morgan fingerprint density at radius 3 is 2.67 bits per heavy atom. The summed E-state index contributed by atoms with van der Waals surface area (Å²) in [6, 6.07) is 1.44. The maximum Gasteiger partial charge on any atom is 0.0534 e. The molecular formula is C15H25N3. The van der Waals surface area contributed by atoms with Gasteiger partial charge in [-0.1, -0.05) is 13.3 Å². The monoisotopic (exact) mass is 247 g/mol. The van der Waals surface area contributed by atoms with E-state index >= 15 is 0 Å². The highest BCUT2D eigenvalue weighted by Gasteiger charge is 2.22. The summed E-state index contributed by atoms with van der Waals surface area (Å²) in [7, 11) is 0. The first-order valence-corrected chi connectivity index (χ1v) is 7.61. The summed E-state index contributed by atoms with van der Waals surface area (Å²) in [6.07, 6.45) is 13.8. The van der Waals surface area contributed by atoms with Crippen molar-refractivity contribution in [2.45, 2.75) is 70.5 Å². The number of nitrogens with zero attached hydrogens (tertiary/aromatic N) is 2. The largest absolute Gasteiger partial charge is 0.310 e. The third-order valence-corrected chi connectivity index (χ3v) is 4.59. The molecule has 3 rings (SSSR count). The summed E-state index contributed by atoms with van der Waals surface area (Å²) < 4.78 is 2.22. The van der Waals surface area contributed by atoms with E-state index in [4.69, 9.17) is 0 Å². The molecule has 2 saturated carbocycles. The molecular weight excluding hydrogens is 222 g/mol. The van der Waals surface area contributed by atoms with Gasteiger partial charge in [0.05, 0.1) is 12.2 Å². The first kappa shape index (κ1) is 12.2. The van der Waals surface area contributed by atoms with Crippen molar-refractivity contribution in [2.24, 2.45) is 5.92 Å². The molecule has 2 aliphatic carbocycles. The minimum Gasteiger partial charge on any atom is -0.310 e. The average Bonchev–Trinajstić information content (AvgIpc) is 3.14. The molecule has 1 heterocycles. The van der Waals surface area contributed by atoms with Crippen LogP contribution in [0.2, 0.25) is 0 Å². The smallest absolute Gasteiger partial charge is 0.0534 e. The number of hydrogen-bond donors (Lipinski definition) is 1. The number of rotatable bonds is 5. The lowest BCUT2D eigenvalue weighted by molar-refractivity contribution is 0.256. The molecule has 2 fully saturated rings. The first-order chi connectivity index (χ1) is 8.85. The third kappa shape index (κ3) is 2.94. The van der Waals surface area contributed by atoms with Crippen LogP contribution in [0, 0.1) is 5.92 Å². The molecule has 18 heavy (non-hydrogen) atoms. The van der Waals surface area contributed by atoms with Gasteiger partial charge in [-0.25, -0.2) is 0 Å². The van der Waals surface area contributed by atoms with Crippen LogP contribution in [0.3, 0.4) is 0 Å². The van der Waals surface area contributed by atoms with Crippen molar-refractivity contribution in [3.05, 3.63) is 18.0 Å². The molecule has 1 aromatic heterocycles. The van der Waals surface area contributed by atoms with E-state index in [1.165, 1.54) is 50.5 Å². The molecule has 0 atom stereocenters. The molecule has 1 aromatic rings. The summed E-state index contributed by atoms with van der Waals surface area (Å²) >= 11 is 0. The van der Waals surface area contributed by atoms with Crippen molar-refractivity contribution >= 4 is 0 Å². The highest BCUT2D eigenvalue weighted by molar-refractivity contribution is 5.05. The number of aromatic nitrogens is 2. The second-order valence-electron chi connectivity index (χ2n) is 6.07. The van der Waals surface area contributed by atoms with Crippen LogP contribution in [0.5, 0.6) is 0 Å². The Balaban J connectivity index is 1.52. The van der Waals surface area contributed by atoms with Gasteiger partial charge in [-0.05, 0) is 44.4 Å². The summed E-state index contributed by atoms with van der Waals surface area (Å²) in [5, 5.41) is 8.12. The Bertz CT molecular complexity index is 373. The van der Waals surface area contributed by atoms with Crippen molar-refractivity contribution in [2.75, 3.05) is 0 Å². The van der Waals surface area contributed by atoms with Crippen molar-refractivity contribution in [1.82, 2.24) is 15.1 Å². The van der Waals surface area contributed by atoms with Crippen molar-refractivity contribution in [3.8, 4) is 0 Å². The fourth-order valence-electron chi connectivity index (χ4n) is 3.04. The Morgan fingerprint density at radius 1 is 1.22 bits per heavy atom. The highest BCUT2D eigenvalue weighted by atomic mass is 15.3. The Morgan fingerprint density at radius 2 is 2.00 bits per heavy atom. The molecule has 0 aliphatic heterocycles. The predicted octanol–water partition coefficient (Wildman–Crippen LogP) is 3.28. The van der Waals surface area contributed by atoms with Gasteiger partial charge in [-0.3, -0.25) is 4.68 Å². The van der Waals surface area contributed by atoms with Crippen molar-refractivity contribution in [3.63, 3.8) is 0 Å². The van der Waals surface area contributed by atoms with Gasteiger partial charge in [-0.2, -0.15) is 5.10 Å². The molecule has 0 spiro atoms. The van der Waals surface area contributed by atoms with Crippen LogP contribution in [0.4, 0.5) is 0 Å². The van der Waals surface area contributed by atoms with Crippen molar-refractivity contribution < 1.29 is 0 Å². The van der Waals surface area contributed by atoms with Crippen LogP contribution in [0.1, 0.15) is 63.5 Å². The Labute approximate surface area is 110 Å². The van der Waals surface area contributed by atoms with E-state index in [0.29, 0.717) is 6.04 Å². The molecule has 2 aliphatic rings. The second-order valence-corrected chi connectivity index (χ2v) is 6.07. The van der Waals surface area contributed by atoms with E-state index in [9.17, 15) is 0 Å². The van der Waals surface area contributed by atoms with Gasteiger partial charge < -0.3 is 5.32 Å². The molecule has 100 valence electrons. The zero-order chi connectivity index (χ0) is 12.4. The van der Waals surface area contributed by atoms with Gasteiger partial charge in [0.2, 0.25) is 0 Å². The fourth-order valence-corrected chi connectivity index (χ4v) is 3.04. The summed E-state index contributed by atoms with van der Waals surface area (Å²) in [5.41, 5.74) is 1.35. The molecule has 0 aromatic carbocycles. The van der Waals surface area contributed by atoms with Gasteiger partial charge in [0, 0.05) is 24.3 Å². The SMILES string of the molecule is CCC1CCC(n2cc(CNC3CC3)cn2)CC1. The van der Waals surface area contributed by atoms with E-state index in [-0.39, 0.29) is 0 Å². The molecule has 0 saturated heterocycles. The van der Waals surface area contributed by atoms with Crippen LogP contribution in [-0.2, 0) is 6.54 Å². The van der Waals surface area contributed by atoms with Crippen LogP contribution < -0.4 is 5.32 Å². The zero-order valence-corrected chi connectivity index (χ0v) is 11.4. The van der Waals surface area contributed by atoms with Gasteiger partial charge in [0.1, 0.15) is 0 Å². The standard InChI is InChI=1S/C15H25N3/c1-2-12-3-7-15(8-4-12)18-11-13(10-17-18)9-16-14-5-6-14/h10-12,14-16H,2-9H2,1H3. The third-order valence-electron chi connectivity index (χ3n) is 4.59. The molecule has 1 N–H and O–H groups in total. The van der Waals surface area contributed by atoms with Crippen LogP contribution >= 0.6 is 0 Å². The van der Waals surface area contributed by atoms with E-state index in [1.807, 2.05) is 6.20 Å². The maximum absolute atomic E-state index is 4.57. The molecule has 0 unspecified atom stereocenters. The number of hydrogen-bond acceptors (Lipinski definition) is 2. The lowest BCUT2D eigenvalue weighted by Gasteiger charge is -2.27. The lowest BCUT2D eigenvalue weighted by Crippen LogP contribution is -2.18. The Hall–Kier alpha value is -0.830. The quantitative estimate of drug-likeness (QED) is 0.865. The summed E-state index contributed by atoms with van der Waals surface area (Å²) in [6.45, 7) is 3.32. The highest BCUT2D eigenvalue weighted by Crippen LogP contribution is 2.33. The second kappa shape index (κ2) is 5.43. The van der Waals surface area contributed by atoms with Gasteiger partial charge in [0.15, 0.2) is 0 Å². The topological polar surface area (TPSA) is 29.9 Å².